The van der Waals surface area contributed by atoms with Gasteiger partial charge >= 0.3 is 6.09 Å². The largest absolute Gasteiger partial charge is 0.444 e. The fourth-order valence-corrected chi connectivity index (χ4v) is 4.25. The van der Waals surface area contributed by atoms with Crippen molar-refractivity contribution in [3.63, 3.8) is 0 Å². The molecule has 0 aliphatic carbocycles. The number of piperidine rings is 1. The average Bonchev–Trinajstić information content (AvgIpc) is 2.95. The number of primary amides is 1. The molecular weight excluding hydrogens is 342 g/mol. The monoisotopic (exact) mass is 373 g/mol. The van der Waals surface area contributed by atoms with E-state index in [9.17, 15) is 9.59 Å². The minimum atomic E-state index is -0.799. The van der Waals surface area contributed by atoms with Crippen molar-refractivity contribution >= 4 is 17.7 Å². The van der Waals surface area contributed by atoms with E-state index < -0.39 is 11.7 Å². The number of ether oxygens (including phenoxy) is 1. The van der Waals surface area contributed by atoms with Crippen LogP contribution >= 0.6 is 0 Å². The number of hydrogen-bond donors (Lipinski definition) is 1. The van der Waals surface area contributed by atoms with Gasteiger partial charge in [0.2, 0.25) is 5.91 Å². The second-order valence-corrected chi connectivity index (χ2v) is 8.36. The van der Waals surface area contributed by atoms with E-state index >= 15 is 0 Å². The zero-order chi connectivity index (χ0) is 19.4. The molecule has 2 heterocycles. The first-order chi connectivity index (χ1) is 12.8. The van der Waals surface area contributed by atoms with Crippen molar-refractivity contribution in [2.45, 2.75) is 58.1 Å². The Morgan fingerprint density at radius 3 is 2.44 bits per heavy atom. The number of anilines is 1. The van der Waals surface area contributed by atoms with Crippen molar-refractivity contribution in [2.24, 2.45) is 11.7 Å². The first kappa shape index (κ1) is 19.7. The summed E-state index contributed by atoms with van der Waals surface area (Å²) in [5, 5.41) is 0. The Hall–Kier alpha value is -2.08. The van der Waals surface area contributed by atoms with E-state index in [0.717, 1.165) is 18.7 Å². The lowest BCUT2D eigenvalue weighted by molar-refractivity contribution is -0.122. The summed E-state index contributed by atoms with van der Waals surface area (Å²) in [4.78, 5) is 28.2. The van der Waals surface area contributed by atoms with E-state index in [1.807, 2.05) is 17.0 Å². The lowest BCUT2D eigenvalue weighted by Crippen LogP contribution is -2.36. The summed E-state index contributed by atoms with van der Waals surface area (Å²) < 4.78 is 5.14. The van der Waals surface area contributed by atoms with Gasteiger partial charge in [-0.1, -0.05) is 18.6 Å². The maximum absolute atomic E-state index is 12.8. The Balaban J connectivity index is 1.58. The van der Waals surface area contributed by atoms with E-state index in [0.29, 0.717) is 13.0 Å². The van der Waals surface area contributed by atoms with Crippen LogP contribution < -0.4 is 10.6 Å². The van der Waals surface area contributed by atoms with Gasteiger partial charge in [0.05, 0.1) is 0 Å². The SMILES string of the molecule is CC(C)(CC1CCN(c2ccc(CN3CCCCC3)cc2)C1=O)OC(N)=O. The van der Waals surface area contributed by atoms with Crippen molar-refractivity contribution in [3.8, 4) is 0 Å². The summed E-state index contributed by atoms with van der Waals surface area (Å²) in [7, 11) is 0. The number of carbonyl (C=O) groups excluding carboxylic acids is 2. The summed E-state index contributed by atoms with van der Waals surface area (Å²) in [5.74, 6) is -0.0488. The number of hydrogen-bond acceptors (Lipinski definition) is 4. The van der Waals surface area contributed by atoms with Crippen LogP contribution in [0, 0.1) is 5.92 Å². The van der Waals surface area contributed by atoms with Crippen LogP contribution in [0.3, 0.4) is 0 Å². The molecule has 1 unspecified atom stereocenters. The molecule has 0 bridgehead atoms. The molecule has 6 nitrogen and oxygen atoms in total. The quantitative estimate of drug-likeness (QED) is 0.830. The van der Waals surface area contributed by atoms with E-state index in [1.54, 1.807) is 13.8 Å². The zero-order valence-corrected chi connectivity index (χ0v) is 16.4. The molecule has 2 amide bonds. The Morgan fingerprint density at radius 1 is 1.15 bits per heavy atom. The Labute approximate surface area is 161 Å². The van der Waals surface area contributed by atoms with Crippen LogP contribution in [0.1, 0.15) is 51.5 Å². The van der Waals surface area contributed by atoms with Crippen LogP contribution in [0.5, 0.6) is 0 Å². The summed E-state index contributed by atoms with van der Waals surface area (Å²) in [6.07, 6.45) is 4.37. The van der Waals surface area contributed by atoms with Gasteiger partial charge in [0.1, 0.15) is 5.60 Å². The van der Waals surface area contributed by atoms with Crippen molar-refractivity contribution in [1.82, 2.24) is 4.90 Å². The van der Waals surface area contributed by atoms with Gasteiger partial charge in [-0.2, -0.15) is 0 Å². The molecule has 0 spiro atoms. The molecule has 0 aromatic heterocycles. The Bertz CT molecular complexity index is 666. The zero-order valence-electron chi connectivity index (χ0n) is 16.4. The molecule has 1 atom stereocenters. The third-order valence-electron chi connectivity index (χ3n) is 5.53. The molecule has 6 heteroatoms. The maximum atomic E-state index is 12.8. The molecule has 0 radical (unpaired) electrons. The number of rotatable bonds is 6. The molecule has 148 valence electrons. The molecule has 2 aliphatic heterocycles. The lowest BCUT2D eigenvalue weighted by atomic mass is 9.92. The first-order valence-electron chi connectivity index (χ1n) is 9.95. The molecule has 2 fully saturated rings. The van der Waals surface area contributed by atoms with Crippen LogP contribution in [-0.4, -0.2) is 42.1 Å². The van der Waals surface area contributed by atoms with E-state index in [-0.39, 0.29) is 11.8 Å². The summed E-state index contributed by atoms with van der Waals surface area (Å²) >= 11 is 0. The molecule has 1 aromatic rings. The standard InChI is InChI=1S/C21H31N3O3/c1-21(2,27-20(22)26)14-17-10-13-24(19(17)25)18-8-6-16(7-9-18)15-23-11-4-3-5-12-23/h6-9,17H,3-5,10-15H2,1-2H3,(H2,22,26). The smallest absolute Gasteiger partial charge is 0.405 e. The molecule has 27 heavy (non-hydrogen) atoms. The first-order valence-corrected chi connectivity index (χ1v) is 9.95. The van der Waals surface area contributed by atoms with Crippen molar-refractivity contribution < 1.29 is 14.3 Å². The van der Waals surface area contributed by atoms with Crippen molar-refractivity contribution in [3.05, 3.63) is 29.8 Å². The van der Waals surface area contributed by atoms with Crippen LogP contribution in [0.15, 0.2) is 24.3 Å². The predicted octanol–water partition coefficient (Wildman–Crippen LogP) is 3.29. The summed E-state index contributed by atoms with van der Waals surface area (Å²) in [6, 6.07) is 8.35. The van der Waals surface area contributed by atoms with E-state index in [4.69, 9.17) is 10.5 Å². The minimum Gasteiger partial charge on any atom is -0.444 e. The number of amides is 2. The lowest BCUT2D eigenvalue weighted by Gasteiger charge is -2.27. The summed E-state index contributed by atoms with van der Waals surface area (Å²) in [6.45, 7) is 7.62. The van der Waals surface area contributed by atoms with Gasteiger partial charge in [0, 0.05) is 24.7 Å². The number of nitrogens with two attached hydrogens (primary N) is 1. The molecule has 2 saturated heterocycles. The fraction of sp³-hybridized carbons (Fsp3) is 0.619. The van der Waals surface area contributed by atoms with Crippen LogP contribution in [0.4, 0.5) is 10.5 Å². The average molecular weight is 373 g/mol. The number of benzene rings is 1. The Morgan fingerprint density at radius 2 is 1.81 bits per heavy atom. The highest BCUT2D eigenvalue weighted by Crippen LogP contribution is 2.32. The van der Waals surface area contributed by atoms with Gasteiger partial charge in [-0.25, -0.2) is 4.79 Å². The van der Waals surface area contributed by atoms with Gasteiger partial charge in [0.15, 0.2) is 0 Å². The van der Waals surface area contributed by atoms with E-state index in [2.05, 4.69) is 17.0 Å². The number of carbonyl (C=O) groups is 2. The highest BCUT2D eigenvalue weighted by molar-refractivity contribution is 5.97. The minimum absolute atomic E-state index is 0.0972. The molecule has 2 N–H and O–H groups in total. The third-order valence-corrected chi connectivity index (χ3v) is 5.53. The van der Waals surface area contributed by atoms with Gasteiger partial charge in [-0.15, -0.1) is 0 Å². The predicted molar refractivity (Wildman–Crippen MR) is 105 cm³/mol. The third kappa shape index (κ3) is 5.22. The summed E-state index contributed by atoms with van der Waals surface area (Å²) in [5.41, 5.74) is 6.63. The van der Waals surface area contributed by atoms with Gasteiger partial charge in [0.25, 0.3) is 0 Å². The maximum Gasteiger partial charge on any atom is 0.405 e. The molecular formula is C21H31N3O3. The fourth-order valence-electron chi connectivity index (χ4n) is 4.25. The van der Waals surface area contributed by atoms with Gasteiger partial charge in [-0.05, 0) is 70.3 Å². The van der Waals surface area contributed by atoms with Crippen LogP contribution in [-0.2, 0) is 16.1 Å². The van der Waals surface area contributed by atoms with E-state index in [1.165, 1.54) is 37.9 Å². The normalized spacial score (nSPS) is 21.5. The van der Waals surface area contributed by atoms with Crippen molar-refractivity contribution in [2.75, 3.05) is 24.5 Å². The molecule has 0 saturated carbocycles. The molecule has 2 aliphatic rings. The molecule has 3 rings (SSSR count). The topological polar surface area (TPSA) is 75.9 Å². The number of nitrogens with zero attached hydrogens (tertiary/aromatic N) is 2. The number of likely N-dealkylation sites (tertiary alicyclic amines) is 1. The highest BCUT2D eigenvalue weighted by Gasteiger charge is 2.37. The molecule has 1 aromatic carbocycles. The van der Waals surface area contributed by atoms with Gasteiger partial charge in [-0.3, -0.25) is 9.69 Å². The second-order valence-electron chi connectivity index (χ2n) is 8.36. The highest BCUT2D eigenvalue weighted by atomic mass is 16.6. The second kappa shape index (κ2) is 8.30. The Kier molecular flexibility index (Phi) is 6.05. The van der Waals surface area contributed by atoms with Gasteiger partial charge < -0.3 is 15.4 Å². The van der Waals surface area contributed by atoms with Crippen LogP contribution in [0.25, 0.3) is 0 Å². The van der Waals surface area contributed by atoms with Crippen molar-refractivity contribution in [1.29, 1.82) is 0 Å². The van der Waals surface area contributed by atoms with Crippen LogP contribution in [0.2, 0.25) is 0 Å².